The first-order valence-corrected chi connectivity index (χ1v) is 8.50. The van der Waals surface area contributed by atoms with Crippen LogP contribution in [-0.2, 0) is 4.74 Å². The fraction of sp³-hybridized carbons (Fsp3) is 0.222. The van der Waals surface area contributed by atoms with Gasteiger partial charge in [-0.2, -0.15) is 0 Å². The number of hydrogen-bond donors (Lipinski definition) is 1. The summed E-state index contributed by atoms with van der Waals surface area (Å²) in [5.74, 6) is -0.459. The van der Waals surface area contributed by atoms with Crippen molar-refractivity contribution >= 4 is 34.6 Å². The average Bonchev–Trinajstić information content (AvgIpc) is 3.16. The number of rotatable bonds is 4. The van der Waals surface area contributed by atoms with Crippen molar-refractivity contribution in [3.63, 3.8) is 0 Å². The van der Waals surface area contributed by atoms with Crippen molar-refractivity contribution in [1.82, 2.24) is 9.97 Å². The van der Waals surface area contributed by atoms with Gasteiger partial charge in [-0.1, -0.05) is 0 Å². The number of nitrogens with one attached hydrogen (secondary N) is 1. The molecule has 0 saturated carbocycles. The van der Waals surface area contributed by atoms with Gasteiger partial charge in [0.25, 0.3) is 5.56 Å². The summed E-state index contributed by atoms with van der Waals surface area (Å²) in [6.07, 6.45) is 2.85. The van der Waals surface area contributed by atoms with Crippen LogP contribution >= 0.6 is 0 Å². The minimum absolute atomic E-state index is 0.176. The molecule has 3 heterocycles. The molecule has 0 spiro atoms. The van der Waals surface area contributed by atoms with E-state index >= 15 is 0 Å². The highest BCUT2D eigenvalue weighted by Gasteiger charge is 2.17. The lowest BCUT2D eigenvalue weighted by molar-refractivity contribution is -0.402. The Balaban J connectivity index is 1.67. The van der Waals surface area contributed by atoms with E-state index in [0.29, 0.717) is 32.0 Å². The molecule has 1 aliphatic rings. The van der Waals surface area contributed by atoms with Crippen molar-refractivity contribution in [3.8, 4) is 0 Å². The number of benzene rings is 1. The number of hydrogen-bond acceptors (Lipinski definition) is 7. The quantitative estimate of drug-likeness (QED) is 0.541. The topological polar surface area (TPSA) is 114 Å². The van der Waals surface area contributed by atoms with Crippen LogP contribution in [0.15, 0.2) is 33.5 Å². The lowest BCUT2D eigenvalue weighted by Gasteiger charge is -2.29. The Labute approximate surface area is 157 Å². The predicted molar refractivity (Wildman–Crippen MR) is 99.6 cm³/mol. The van der Waals surface area contributed by atoms with Gasteiger partial charge in [0.15, 0.2) is 0 Å². The molecular weight excluding hydrogens is 371 g/mol. The van der Waals surface area contributed by atoms with Gasteiger partial charge >= 0.3 is 5.88 Å². The van der Waals surface area contributed by atoms with Crippen LogP contribution in [0, 0.1) is 15.9 Å². The lowest BCUT2D eigenvalue weighted by Crippen LogP contribution is -2.36. The van der Waals surface area contributed by atoms with Gasteiger partial charge in [0.1, 0.15) is 22.3 Å². The highest BCUT2D eigenvalue weighted by atomic mass is 19.1. The number of aromatic nitrogens is 2. The summed E-state index contributed by atoms with van der Waals surface area (Å²) >= 11 is 0. The molecule has 1 aliphatic heterocycles. The molecule has 1 N–H and O–H groups in total. The van der Waals surface area contributed by atoms with Crippen LogP contribution in [0.5, 0.6) is 0 Å². The number of morpholine rings is 1. The van der Waals surface area contributed by atoms with Crippen molar-refractivity contribution in [3.05, 3.63) is 62.1 Å². The second-order valence-corrected chi connectivity index (χ2v) is 6.14. The van der Waals surface area contributed by atoms with E-state index < -0.39 is 22.2 Å². The summed E-state index contributed by atoms with van der Waals surface area (Å²) in [6, 6.07) is 5.36. The third-order valence-corrected chi connectivity index (χ3v) is 4.34. The molecule has 3 aromatic rings. The molecule has 0 unspecified atom stereocenters. The number of nitro groups is 1. The zero-order chi connectivity index (χ0) is 19.7. The van der Waals surface area contributed by atoms with Crippen molar-refractivity contribution < 1.29 is 18.5 Å². The maximum Gasteiger partial charge on any atom is 0.433 e. The number of ether oxygens (including phenoxy) is 1. The molecule has 10 heteroatoms. The Morgan fingerprint density at radius 3 is 2.75 bits per heavy atom. The van der Waals surface area contributed by atoms with Crippen LogP contribution in [0.25, 0.3) is 23.1 Å². The van der Waals surface area contributed by atoms with Gasteiger partial charge in [-0.05, 0) is 24.3 Å². The van der Waals surface area contributed by atoms with Gasteiger partial charge in [-0.3, -0.25) is 14.9 Å². The van der Waals surface area contributed by atoms with Gasteiger partial charge in [-0.25, -0.2) is 9.37 Å². The van der Waals surface area contributed by atoms with E-state index in [1.54, 1.807) is 0 Å². The molecule has 1 fully saturated rings. The van der Waals surface area contributed by atoms with E-state index in [0.717, 1.165) is 0 Å². The number of furan rings is 1. The monoisotopic (exact) mass is 386 g/mol. The fourth-order valence-corrected chi connectivity index (χ4v) is 2.98. The summed E-state index contributed by atoms with van der Waals surface area (Å²) in [5.41, 5.74) is 0.141. The molecule has 28 heavy (non-hydrogen) atoms. The standard InChI is InChI=1S/C18H15FN4O5/c19-13-10-14-12(9-15(13)22-5-7-27-8-6-22)18(24)21-16(20-14)3-1-11-2-4-17(28-11)23(25)26/h1-4,9-10H,5-8H2,(H,20,21,24). The number of fused-ring (bicyclic) bond motifs is 1. The van der Waals surface area contributed by atoms with E-state index in [1.165, 1.54) is 36.4 Å². The largest absolute Gasteiger partial charge is 0.433 e. The Bertz CT molecular complexity index is 1130. The molecule has 0 amide bonds. The molecular formula is C18H15FN4O5. The SMILES string of the molecule is O=c1[nH]c(C=Cc2ccc([N+](=O)[O-])o2)nc2cc(F)c(N3CCOCC3)cc12. The van der Waals surface area contributed by atoms with Gasteiger partial charge in [0.2, 0.25) is 0 Å². The van der Waals surface area contributed by atoms with Gasteiger partial charge in [0.05, 0.1) is 35.9 Å². The average molecular weight is 386 g/mol. The first-order valence-electron chi connectivity index (χ1n) is 8.50. The minimum Gasteiger partial charge on any atom is -0.401 e. The van der Waals surface area contributed by atoms with Crippen LogP contribution < -0.4 is 10.5 Å². The van der Waals surface area contributed by atoms with Crippen LogP contribution in [0.4, 0.5) is 16.0 Å². The molecule has 9 nitrogen and oxygen atoms in total. The Morgan fingerprint density at radius 2 is 2.04 bits per heavy atom. The summed E-state index contributed by atoms with van der Waals surface area (Å²) in [5, 5.41) is 10.9. The number of H-pyrrole nitrogens is 1. The smallest absolute Gasteiger partial charge is 0.401 e. The maximum absolute atomic E-state index is 14.6. The van der Waals surface area contributed by atoms with Crippen molar-refractivity contribution in [2.75, 3.05) is 31.2 Å². The number of nitrogens with zero attached hydrogens (tertiary/aromatic N) is 3. The van der Waals surface area contributed by atoms with Crippen molar-refractivity contribution in [1.29, 1.82) is 0 Å². The van der Waals surface area contributed by atoms with Gasteiger partial charge in [0, 0.05) is 19.2 Å². The van der Waals surface area contributed by atoms with E-state index in [2.05, 4.69) is 9.97 Å². The molecule has 1 saturated heterocycles. The Morgan fingerprint density at radius 1 is 1.25 bits per heavy atom. The van der Waals surface area contributed by atoms with Crippen molar-refractivity contribution in [2.24, 2.45) is 0 Å². The normalized spacial score (nSPS) is 14.8. The zero-order valence-electron chi connectivity index (χ0n) is 14.6. The molecule has 1 aromatic carbocycles. The molecule has 0 atom stereocenters. The van der Waals surface area contributed by atoms with Gasteiger partial charge in [-0.15, -0.1) is 0 Å². The third-order valence-electron chi connectivity index (χ3n) is 4.34. The number of aromatic amines is 1. The molecule has 0 aliphatic carbocycles. The van der Waals surface area contributed by atoms with E-state index in [-0.39, 0.29) is 22.5 Å². The molecule has 0 bridgehead atoms. The highest BCUT2D eigenvalue weighted by molar-refractivity contribution is 5.83. The third kappa shape index (κ3) is 3.49. The second-order valence-electron chi connectivity index (χ2n) is 6.14. The van der Waals surface area contributed by atoms with E-state index in [4.69, 9.17) is 9.15 Å². The predicted octanol–water partition coefficient (Wildman–Crippen LogP) is 2.57. The Hall–Kier alpha value is -3.53. The van der Waals surface area contributed by atoms with Crippen LogP contribution in [-0.4, -0.2) is 41.2 Å². The Kier molecular flexibility index (Phi) is 4.62. The van der Waals surface area contributed by atoms with Crippen LogP contribution in [0.2, 0.25) is 0 Å². The molecule has 0 radical (unpaired) electrons. The zero-order valence-corrected chi connectivity index (χ0v) is 14.6. The number of anilines is 1. The summed E-state index contributed by atoms with van der Waals surface area (Å²) in [4.78, 5) is 31.1. The van der Waals surface area contributed by atoms with Crippen LogP contribution in [0.1, 0.15) is 11.6 Å². The van der Waals surface area contributed by atoms with Gasteiger partial charge < -0.3 is 19.0 Å². The van der Waals surface area contributed by atoms with E-state index in [1.807, 2.05) is 4.90 Å². The highest BCUT2D eigenvalue weighted by Crippen LogP contribution is 2.24. The molecule has 4 rings (SSSR count). The summed E-state index contributed by atoms with van der Waals surface area (Å²) in [7, 11) is 0. The molecule has 2 aromatic heterocycles. The minimum atomic E-state index is -0.650. The van der Waals surface area contributed by atoms with E-state index in [9.17, 15) is 19.3 Å². The first-order chi connectivity index (χ1) is 13.5. The molecule has 144 valence electrons. The summed E-state index contributed by atoms with van der Waals surface area (Å²) in [6.45, 7) is 2.09. The first kappa shape index (κ1) is 17.9. The van der Waals surface area contributed by atoms with Crippen LogP contribution in [0.3, 0.4) is 0 Å². The lowest BCUT2D eigenvalue weighted by atomic mass is 10.2. The van der Waals surface area contributed by atoms with Crippen molar-refractivity contribution in [2.45, 2.75) is 0 Å². The maximum atomic E-state index is 14.6. The fourth-order valence-electron chi connectivity index (χ4n) is 2.98. The number of halogens is 1. The summed E-state index contributed by atoms with van der Waals surface area (Å²) < 4.78 is 24.8. The second kappa shape index (κ2) is 7.24.